The molecule has 0 aliphatic rings. The van der Waals surface area contributed by atoms with Crippen LogP contribution in [0.2, 0.25) is 5.02 Å². The Balaban J connectivity index is 1.41. The lowest BCUT2D eigenvalue weighted by molar-refractivity contribution is 0.0468. The second-order valence-electron chi connectivity index (χ2n) is 7.70. The zero-order valence-electron chi connectivity index (χ0n) is 18.0. The average Bonchev–Trinajstić information content (AvgIpc) is 2.86. The molecule has 0 spiro atoms. The van der Waals surface area contributed by atoms with E-state index in [0.29, 0.717) is 21.9 Å². The van der Waals surface area contributed by atoms with Gasteiger partial charge in [-0.1, -0.05) is 72.3 Å². The second kappa shape index (κ2) is 9.41. The second-order valence-corrected chi connectivity index (χ2v) is 8.11. The van der Waals surface area contributed by atoms with E-state index in [0.717, 1.165) is 21.7 Å². The quantitative estimate of drug-likeness (QED) is 0.160. The summed E-state index contributed by atoms with van der Waals surface area (Å²) in [5, 5.41) is 3.24. The van der Waals surface area contributed by atoms with Crippen molar-refractivity contribution in [3.05, 3.63) is 123 Å². The molecule has 0 N–H and O–H groups in total. The molecule has 34 heavy (non-hydrogen) atoms. The van der Waals surface area contributed by atoms with Gasteiger partial charge in [0.2, 0.25) is 0 Å². The molecular formula is C28H19ClO5. The summed E-state index contributed by atoms with van der Waals surface area (Å²) in [6.45, 7) is 0.119. The molecular weight excluding hydrogens is 452 g/mol. The van der Waals surface area contributed by atoms with Crippen molar-refractivity contribution in [3.8, 4) is 5.75 Å². The molecule has 1 heterocycles. The highest BCUT2D eigenvalue weighted by atomic mass is 35.5. The molecule has 0 atom stereocenters. The Morgan fingerprint density at radius 3 is 2.47 bits per heavy atom. The van der Waals surface area contributed by atoms with Crippen LogP contribution < -0.4 is 10.4 Å². The van der Waals surface area contributed by atoms with Crippen LogP contribution in [0.25, 0.3) is 21.7 Å². The van der Waals surface area contributed by atoms with Crippen molar-refractivity contribution in [1.29, 1.82) is 0 Å². The Hall–Kier alpha value is -4.09. The minimum atomic E-state index is -0.559. The van der Waals surface area contributed by atoms with E-state index in [1.165, 1.54) is 6.07 Å². The number of carbonyl (C=O) groups excluding carboxylic acids is 1. The third-order valence-corrected chi connectivity index (χ3v) is 5.89. The summed E-state index contributed by atoms with van der Waals surface area (Å²) in [5.41, 5.74) is 1.61. The summed E-state index contributed by atoms with van der Waals surface area (Å²) in [5.74, 6) is -0.174. The molecule has 0 bridgehead atoms. The number of esters is 1. The summed E-state index contributed by atoms with van der Waals surface area (Å²) in [6.07, 6.45) is 0. The monoisotopic (exact) mass is 470 g/mol. The van der Waals surface area contributed by atoms with E-state index in [4.69, 9.17) is 25.5 Å². The van der Waals surface area contributed by atoms with Gasteiger partial charge in [0.05, 0.1) is 0 Å². The van der Waals surface area contributed by atoms with E-state index in [1.54, 1.807) is 36.4 Å². The molecule has 5 rings (SSSR count). The minimum absolute atomic E-state index is 0.0895. The minimum Gasteiger partial charge on any atom is -0.488 e. The van der Waals surface area contributed by atoms with Gasteiger partial charge in [0, 0.05) is 27.6 Å². The largest absolute Gasteiger partial charge is 0.488 e. The first-order valence-electron chi connectivity index (χ1n) is 10.7. The number of benzene rings is 4. The number of hydrogen-bond donors (Lipinski definition) is 0. The highest BCUT2D eigenvalue weighted by Crippen LogP contribution is 2.28. The van der Waals surface area contributed by atoms with Gasteiger partial charge >= 0.3 is 11.6 Å². The lowest BCUT2D eigenvalue weighted by Crippen LogP contribution is -2.10. The van der Waals surface area contributed by atoms with Crippen LogP contribution in [-0.2, 0) is 18.0 Å². The third-order valence-electron chi connectivity index (χ3n) is 5.52. The summed E-state index contributed by atoms with van der Waals surface area (Å²) in [6, 6.07) is 27.0. The fourth-order valence-corrected chi connectivity index (χ4v) is 4.08. The zero-order chi connectivity index (χ0) is 23.5. The molecule has 0 saturated carbocycles. The molecule has 0 fully saturated rings. The van der Waals surface area contributed by atoms with Crippen LogP contribution in [-0.4, -0.2) is 5.97 Å². The first kappa shape index (κ1) is 21.7. The van der Waals surface area contributed by atoms with E-state index in [1.807, 2.05) is 48.5 Å². The molecule has 1 aromatic heterocycles. The van der Waals surface area contributed by atoms with Gasteiger partial charge in [0.1, 0.15) is 30.1 Å². The maximum absolute atomic E-state index is 13.0. The summed E-state index contributed by atoms with van der Waals surface area (Å²) < 4.78 is 16.9. The standard InChI is InChI=1S/C28H19ClO5/c29-23-11-5-2-8-19(23)16-32-24-12-6-4-10-22(24)28(31)33-17-20-15-26(30)34-25-14-13-18-7-1-3-9-21(18)27(20)25/h1-15H,16-17H2. The molecule has 0 amide bonds. The van der Waals surface area contributed by atoms with Crippen LogP contribution in [0.4, 0.5) is 0 Å². The normalized spacial score (nSPS) is 11.0. The number of para-hydroxylation sites is 1. The molecule has 5 nitrogen and oxygen atoms in total. The molecule has 0 saturated heterocycles. The number of hydrogen-bond acceptors (Lipinski definition) is 5. The van der Waals surface area contributed by atoms with Gasteiger partial charge in [-0.05, 0) is 35.0 Å². The lowest BCUT2D eigenvalue weighted by Gasteiger charge is -2.13. The Morgan fingerprint density at radius 1 is 0.824 bits per heavy atom. The van der Waals surface area contributed by atoms with Gasteiger partial charge < -0.3 is 13.9 Å². The summed E-state index contributed by atoms with van der Waals surface area (Å²) >= 11 is 6.21. The van der Waals surface area contributed by atoms with Gasteiger partial charge in [0.15, 0.2) is 0 Å². The van der Waals surface area contributed by atoms with Crippen molar-refractivity contribution in [2.75, 3.05) is 0 Å². The maximum atomic E-state index is 13.0. The zero-order valence-corrected chi connectivity index (χ0v) is 18.7. The van der Waals surface area contributed by atoms with Crippen molar-refractivity contribution in [2.45, 2.75) is 13.2 Å². The number of fused-ring (bicyclic) bond motifs is 3. The van der Waals surface area contributed by atoms with Crippen LogP contribution in [0.5, 0.6) is 5.75 Å². The Bertz CT molecular complexity index is 1570. The van der Waals surface area contributed by atoms with E-state index < -0.39 is 11.6 Å². The van der Waals surface area contributed by atoms with Crippen molar-refractivity contribution >= 4 is 39.3 Å². The van der Waals surface area contributed by atoms with Gasteiger partial charge in [0.25, 0.3) is 0 Å². The summed E-state index contributed by atoms with van der Waals surface area (Å²) in [7, 11) is 0. The Morgan fingerprint density at radius 2 is 1.59 bits per heavy atom. The Kier molecular flexibility index (Phi) is 6.02. The Labute approximate surface area is 200 Å². The van der Waals surface area contributed by atoms with Crippen LogP contribution >= 0.6 is 11.6 Å². The average molecular weight is 471 g/mol. The van der Waals surface area contributed by atoms with E-state index in [2.05, 4.69) is 0 Å². The molecule has 6 heteroatoms. The van der Waals surface area contributed by atoms with Gasteiger partial charge in [-0.15, -0.1) is 0 Å². The fraction of sp³-hybridized carbons (Fsp3) is 0.0714. The maximum Gasteiger partial charge on any atom is 0.342 e. The predicted molar refractivity (Wildman–Crippen MR) is 131 cm³/mol. The molecule has 0 unspecified atom stereocenters. The predicted octanol–water partition coefficient (Wildman–Crippen LogP) is 6.54. The third kappa shape index (κ3) is 4.38. The van der Waals surface area contributed by atoms with Crippen molar-refractivity contribution < 1.29 is 18.7 Å². The van der Waals surface area contributed by atoms with Crippen molar-refractivity contribution in [3.63, 3.8) is 0 Å². The highest BCUT2D eigenvalue weighted by Gasteiger charge is 2.16. The first-order chi connectivity index (χ1) is 16.6. The molecule has 0 radical (unpaired) electrons. The van der Waals surface area contributed by atoms with Crippen LogP contribution in [0.3, 0.4) is 0 Å². The highest BCUT2D eigenvalue weighted by molar-refractivity contribution is 6.31. The van der Waals surface area contributed by atoms with E-state index in [-0.39, 0.29) is 18.8 Å². The van der Waals surface area contributed by atoms with E-state index in [9.17, 15) is 9.59 Å². The van der Waals surface area contributed by atoms with Gasteiger partial charge in [-0.25, -0.2) is 9.59 Å². The smallest absolute Gasteiger partial charge is 0.342 e. The van der Waals surface area contributed by atoms with Crippen molar-refractivity contribution in [1.82, 2.24) is 0 Å². The van der Waals surface area contributed by atoms with Crippen molar-refractivity contribution in [2.24, 2.45) is 0 Å². The SMILES string of the molecule is O=C(OCc1cc(=O)oc2ccc3ccccc3c12)c1ccccc1OCc1ccccc1Cl. The van der Waals surface area contributed by atoms with Gasteiger partial charge in [-0.3, -0.25) is 0 Å². The number of carbonyl (C=O) groups is 1. The van der Waals surface area contributed by atoms with Crippen LogP contribution in [0.15, 0.2) is 100 Å². The lowest BCUT2D eigenvalue weighted by atomic mass is 10.0. The molecule has 0 aliphatic heterocycles. The number of rotatable bonds is 6. The van der Waals surface area contributed by atoms with Crippen LogP contribution in [0.1, 0.15) is 21.5 Å². The van der Waals surface area contributed by atoms with E-state index >= 15 is 0 Å². The fourth-order valence-electron chi connectivity index (χ4n) is 3.89. The van der Waals surface area contributed by atoms with Gasteiger partial charge in [-0.2, -0.15) is 0 Å². The molecule has 5 aromatic rings. The number of ether oxygens (including phenoxy) is 2. The molecule has 168 valence electrons. The topological polar surface area (TPSA) is 65.7 Å². The van der Waals surface area contributed by atoms with Crippen LogP contribution in [0, 0.1) is 0 Å². The summed E-state index contributed by atoms with van der Waals surface area (Å²) in [4.78, 5) is 25.1. The number of halogens is 1. The first-order valence-corrected chi connectivity index (χ1v) is 11.0. The molecule has 0 aliphatic carbocycles. The molecule has 4 aromatic carbocycles.